The Labute approximate surface area is 161 Å². The standard InChI is InChI=1S/C22H31NO4/c1-4-5-6-7-8-9-10-11-14-23-16-15-17(24)20-18(26-2)12-13-19(27-3)21(20)22(16)25/h12-15,24-25H,4-11H2,1-3H3. The molecule has 2 aromatic carbocycles. The Hall–Kier alpha value is -2.43. The van der Waals surface area contributed by atoms with Crippen molar-refractivity contribution >= 4 is 22.7 Å². The van der Waals surface area contributed by atoms with Gasteiger partial charge in [0.25, 0.3) is 0 Å². The molecule has 0 unspecified atom stereocenters. The van der Waals surface area contributed by atoms with Gasteiger partial charge in [-0.2, -0.15) is 0 Å². The van der Waals surface area contributed by atoms with Crippen LogP contribution in [0.15, 0.2) is 23.2 Å². The number of ether oxygens (including phenoxy) is 2. The van der Waals surface area contributed by atoms with Crippen molar-refractivity contribution < 1.29 is 19.7 Å². The van der Waals surface area contributed by atoms with E-state index < -0.39 is 0 Å². The lowest BCUT2D eigenvalue weighted by molar-refractivity contribution is 0.404. The van der Waals surface area contributed by atoms with Gasteiger partial charge in [-0.1, -0.05) is 45.4 Å². The quantitative estimate of drug-likeness (QED) is 0.283. The molecule has 5 nitrogen and oxygen atoms in total. The van der Waals surface area contributed by atoms with E-state index in [2.05, 4.69) is 11.9 Å². The van der Waals surface area contributed by atoms with Crippen molar-refractivity contribution in [3.8, 4) is 23.0 Å². The van der Waals surface area contributed by atoms with E-state index in [4.69, 9.17) is 9.47 Å². The van der Waals surface area contributed by atoms with Gasteiger partial charge in [-0.15, -0.1) is 0 Å². The number of fused-ring (bicyclic) bond motifs is 1. The zero-order chi connectivity index (χ0) is 19.6. The fraction of sp³-hybridized carbons (Fsp3) is 0.500. The highest BCUT2D eigenvalue weighted by Gasteiger charge is 2.18. The molecular weight excluding hydrogens is 342 g/mol. The number of phenols is 2. The predicted octanol–water partition coefficient (Wildman–Crippen LogP) is 6.11. The topological polar surface area (TPSA) is 71.3 Å². The van der Waals surface area contributed by atoms with Gasteiger partial charge in [0.15, 0.2) is 5.75 Å². The van der Waals surface area contributed by atoms with E-state index in [9.17, 15) is 10.2 Å². The predicted molar refractivity (Wildman–Crippen MR) is 111 cm³/mol. The average Bonchev–Trinajstić information content (AvgIpc) is 2.69. The number of aliphatic imine (C=N–C) groups is 1. The van der Waals surface area contributed by atoms with Gasteiger partial charge in [-0.05, 0) is 25.0 Å². The summed E-state index contributed by atoms with van der Waals surface area (Å²) < 4.78 is 10.6. The molecule has 0 heterocycles. The minimum absolute atomic E-state index is 0.00150. The summed E-state index contributed by atoms with van der Waals surface area (Å²) in [5.74, 6) is 0.913. The summed E-state index contributed by atoms with van der Waals surface area (Å²) in [6.45, 7) is 2.22. The van der Waals surface area contributed by atoms with E-state index in [1.807, 2.05) is 0 Å². The van der Waals surface area contributed by atoms with Crippen molar-refractivity contribution in [2.24, 2.45) is 4.99 Å². The van der Waals surface area contributed by atoms with E-state index in [0.717, 1.165) is 12.8 Å². The Morgan fingerprint density at radius 2 is 1.48 bits per heavy atom. The molecule has 0 aliphatic carbocycles. The smallest absolute Gasteiger partial charge is 0.153 e. The Kier molecular flexibility index (Phi) is 8.24. The molecule has 2 aromatic rings. The second-order valence-corrected chi connectivity index (χ2v) is 6.71. The summed E-state index contributed by atoms with van der Waals surface area (Å²) in [6.07, 6.45) is 11.4. The average molecular weight is 373 g/mol. The fourth-order valence-electron chi connectivity index (χ4n) is 3.25. The maximum atomic E-state index is 10.7. The fourth-order valence-corrected chi connectivity index (χ4v) is 3.25. The first-order valence-corrected chi connectivity index (χ1v) is 9.76. The van der Waals surface area contributed by atoms with Crippen LogP contribution in [0.4, 0.5) is 5.69 Å². The lowest BCUT2D eigenvalue weighted by Gasteiger charge is -2.13. The molecule has 2 N–H and O–H groups in total. The van der Waals surface area contributed by atoms with Crippen LogP contribution >= 0.6 is 0 Å². The number of benzene rings is 2. The number of hydrogen-bond donors (Lipinski definition) is 2. The molecular formula is C22H31NO4. The second kappa shape index (κ2) is 10.7. The van der Waals surface area contributed by atoms with Crippen LogP contribution < -0.4 is 9.47 Å². The number of hydrogen-bond acceptors (Lipinski definition) is 5. The van der Waals surface area contributed by atoms with Crippen molar-refractivity contribution in [1.29, 1.82) is 0 Å². The molecule has 2 rings (SSSR count). The molecule has 0 radical (unpaired) electrons. The molecule has 5 heteroatoms. The third-order valence-corrected chi connectivity index (χ3v) is 4.74. The van der Waals surface area contributed by atoms with Gasteiger partial charge in [0.1, 0.15) is 22.9 Å². The number of phenolic OH excluding ortho intramolecular Hbond substituents is 2. The molecule has 0 aliphatic heterocycles. The van der Waals surface area contributed by atoms with E-state index in [1.54, 1.807) is 18.3 Å². The van der Waals surface area contributed by atoms with Gasteiger partial charge in [0.05, 0.1) is 25.0 Å². The Morgan fingerprint density at radius 1 is 0.889 bits per heavy atom. The molecule has 0 bridgehead atoms. The Morgan fingerprint density at radius 3 is 2.11 bits per heavy atom. The van der Waals surface area contributed by atoms with Crippen molar-refractivity contribution in [1.82, 2.24) is 0 Å². The zero-order valence-corrected chi connectivity index (χ0v) is 16.6. The molecule has 0 saturated carbocycles. The first-order chi connectivity index (χ1) is 13.1. The first kappa shape index (κ1) is 20.9. The molecule has 0 aliphatic rings. The maximum absolute atomic E-state index is 10.7. The van der Waals surface area contributed by atoms with E-state index in [1.165, 1.54) is 58.8 Å². The van der Waals surface area contributed by atoms with Gasteiger partial charge in [-0.3, -0.25) is 4.99 Å². The first-order valence-electron chi connectivity index (χ1n) is 9.76. The lowest BCUT2D eigenvalue weighted by atomic mass is 10.0. The van der Waals surface area contributed by atoms with Crippen LogP contribution in [0.5, 0.6) is 23.0 Å². The van der Waals surface area contributed by atoms with Crippen molar-refractivity contribution in [2.45, 2.75) is 58.3 Å². The van der Waals surface area contributed by atoms with Crippen LogP contribution in [0.1, 0.15) is 58.3 Å². The summed E-state index contributed by atoms with van der Waals surface area (Å²) in [7, 11) is 3.04. The number of aromatic hydroxyl groups is 2. The largest absolute Gasteiger partial charge is 0.507 e. The van der Waals surface area contributed by atoms with Gasteiger partial charge < -0.3 is 19.7 Å². The number of rotatable bonds is 11. The third kappa shape index (κ3) is 5.28. The van der Waals surface area contributed by atoms with Crippen molar-refractivity contribution in [3.63, 3.8) is 0 Å². The molecule has 0 atom stereocenters. The van der Waals surface area contributed by atoms with Crippen LogP contribution in [-0.2, 0) is 0 Å². The molecule has 0 aromatic heterocycles. The van der Waals surface area contributed by atoms with Gasteiger partial charge in [0.2, 0.25) is 0 Å². The highest BCUT2D eigenvalue weighted by molar-refractivity contribution is 6.04. The summed E-state index contributed by atoms with van der Waals surface area (Å²) in [5, 5.41) is 21.9. The van der Waals surface area contributed by atoms with Gasteiger partial charge in [0, 0.05) is 12.3 Å². The molecule has 0 saturated heterocycles. The lowest BCUT2D eigenvalue weighted by Crippen LogP contribution is -1.91. The Bertz CT molecular complexity index is 771. The highest BCUT2D eigenvalue weighted by Crippen LogP contribution is 2.48. The highest BCUT2D eigenvalue weighted by atomic mass is 16.5. The Balaban J connectivity index is 2.09. The number of nitrogens with zero attached hydrogens (tertiary/aromatic N) is 1. The van der Waals surface area contributed by atoms with Gasteiger partial charge >= 0.3 is 0 Å². The van der Waals surface area contributed by atoms with E-state index in [-0.39, 0.29) is 11.5 Å². The monoisotopic (exact) mass is 373 g/mol. The third-order valence-electron chi connectivity index (χ3n) is 4.74. The van der Waals surface area contributed by atoms with Crippen molar-refractivity contribution in [2.75, 3.05) is 14.2 Å². The van der Waals surface area contributed by atoms with Crippen LogP contribution in [0.2, 0.25) is 0 Å². The number of unbranched alkanes of at least 4 members (excludes halogenated alkanes) is 7. The SMILES string of the molecule is CCCCCCCCCC=Nc1cc(O)c2c(OC)ccc(OC)c2c1O. The maximum Gasteiger partial charge on any atom is 0.153 e. The molecule has 0 spiro atoms. The van der Waals surface area contributed by atoms with Crippen LogP contribution in [-0.4, -0.2) is 30.6 Å². The summed E-state index contributed by atoms with van der Waals surface area (Å²) in [6, 6.07) is 4.86. The molecule has 148 valence electrons. The van der Waals surface area contributed by atoms with Crippen molar-refractivity contribution in [3.05, 3.63) is 18.2 Å². The van der Waals surface area contributed by atoms with Crippen LogP contribution in [0, 0.1) is 0 Å². The normalized spacial score (nSPS) is 11.4. The number of methoxy groups -OCH3 is 2. The molecule has 27 heavy (non-hydrogen) atoms. The minimum Gasteiger partial charge on any atom is -0.507 e. The minimum atomic E-state index is -0.0191. The summed E-state index contributed by atoms with van der Waals surface area (Å²) in [5.41, 5.74) is 0.328. The second-order valence-electron chi connectivity index (χ2n) is 6.71. The molecule has 0 amide bonds. The van der Waals surface area contributed by atoms with Crippen LogP contribution in [0.3, 0.4) is 0 Å². The zero-order valence-electron chi connectivity index (χ0n) is 16.6. The molecule has 0 fully saturated rings. The summed E-state index contributed by atoms with van der Waals surface area (Å²) in [4.78, 5) is 4.36. The van der Waals surface area contributed by atoms with Crippen LogP contribution in [0.25, 0.3) is 10.8 Å². The van der Waals surface area contributed by atoms with E-state index in [0.29, 0.717) is 28.0 Å². The van der Waals surface area contributed by atoms with E-state index >= 15 is 0 Å². The summed E-state index contributed by atoms with van der Waals surface area (Å²) >= 11 is 0. The van der Waals surface area contributed by atoms with Gasteiger partial charge in [-0.25, -0.2) is 0 Å².